The van der Waals surface area contributed by atoms with Crippen LogP contribution in [-0.2, 0) is 9.53 Å². The molecular weight excluding hydrogens is 380 g/mol. The summed E-state index contributed by atoms with van der Waals surface area (Å²) in [5.41, 5.74) is -0.428. The third-order valence-electron chi connectivity index (χ3n) is 3.65. The van der Waals surface area contributed by atoms with Crippen molar-refractivity contribution in [2.24, 2.45) is 0 Å². The average molecular weight is 393 g/mol. The summed E-state index contributed by atoms with van der Waals surface area (Å²) in [4.78, 5) is 35.0. The van der Waals surface area contributed by atoms with Gasteiger partial charge < -0.3 is 19.5 Å². The Balaban J connectivity index is 1.74. The van der Waals surface area contributed by atoms with Crippen LogP contribution in [-0.4, -0.2) is 29.7 Å². The molecule has 0 fully saturated rings. The quantitative estimate of drug-likeness (QED) is 0.471. The predicted molar refractivity (Wildman–Crippen MR) is 94.2 cm³/mol. The lowest BCUT2D eigenvalue weighted by molar-refractivity contribution is -0.385. The maximum Gasteiger partial charge on any atom is 0.346 e. The van der Waals surface area contributed by atoms with Gasteiger partial charge in [-0.15, -0.1) is 0 Å². The van der Waals surface area contributed by atoms with E-state index in [0.717, 1.165) is 12.1 Å². The number of esters is 1. The van der Waals surface area contributed by atoms with Crippen molar-refractivity contribution in [3.05, 3.63) is 57.1 Å². The van der Waals surface area contributed by atoms with Gasteiger partial charge in [-0.05, 0) is 25.1 Å². The summed E-state index contributed by atoms with van der Waals surface area (Å²) in [6.45, 7) is 1.24. The molecule has 27 heavy (non-hydrogen) atoms. The number of nitro groups is 1. The third-order valence-corrected chi connectivity index (χ3v) is 3.89. The molecule has 0 aliphatic carbocycles. The van der Waals surface area contributed by atoms with Crippen LogP contribution < -0.4 is 14.8 Å². The number of nitro benzene ring substituents is 1. The number of halogens is 1. The van der Waals surface area contributed by atoms with Gasteiger partial charge in [-0.25, -0.2) is 4.79 Å². The molecule has 2 aromatic carbocycles. The van der Waals surface area contributed by atoms with Crippen molar-refractivity contribution in [3.63, 3.8) is 0 Å². The molecule has 0 bridgehead atoms. The third kappa shape index (κ3) is 4.09. The van der Waals surface area contributed by atoms with Crippen molar-refractivity contribution in [2.75, 3.05) is 12.1 Å². The Morgan fingerprint density at radius 3 is 2.63 bits per heavy atom. The lowest BCUT2D eigenvalue weighted by Gasteiger charge is -2.14. The first-order valence-electron chi connectivity index (χ1n) is 7.70. The molecule has 1 aliphatic rings. The fourth-order valence-corrected chi connectivity index (χ4v) is 2.52. The first-order valence-corrected chi connectivity index (χ1v) is 8.08. The van der Waals surface area contributed by atoms with E-state index in [1.54, 1.807) is 18.2 Å². The van der Waals surface area contributed by atoms with Crippen LogP contribution in [0.5, 0.6) is 11.5 Å². The highest BCUT2D eigenvalue weighted by Gasteiger charge is 2.30. The first-order chi connectivity index (χ1) is 12.8. The maximum atomic E-state index is 12.4. The van der Waals surface area contributed by atoms with Gasteiger partial charge in [-0.3, -0.25) is 14.9 Å². The number of benzene rings is 2. The zero-order valence-electron chi connectivity index (χ0n) is 13.9. The number of nitrogens with one attached hydrogen (secondary N) is 1. The molecule has 2 aromatic rings. The zero-order chi connectivity index (χ0) is 19.6. The standard InChI is InChI=1S/C17H13ClN2O7/c1-9(16(21)19-11-4-2-3-10(18)5-11)27-17(22)12-6-14-15(26-8-25-14)7-13(12)20(23)24/h2-7,9H,8H2,1H3,(H,19,21). The van der Waals surface area contributed by atoms with Crippen molar-refractivity contribution in [3.8, 4) is 11.5 Å². The number of carbonyl (C=O) groups excluding carboxylic acids is 2. The minimum absolute atomic E-state index is 0.108. The molecule has 0 saturated carbocycles. The van der Waals surface area contributed by atoms with E-state index < -0.39 is 28.6 Å². The van der Waals surface area contributed by atoms with E-state index >= 15 is 0 Å². The summed E-state index contributed by atoms with van der Waals surface area (Å²) in [5.74, 6) is -1.31. The van der Waals surface area contributed by atoms with Crippen molar-refractivity contribution in [1.82, 2.24) is 0 Å². The van der Waals surface area contributed by atoms with Crippen molar-refractivity contribution < 1.29 is 28.7 Å². The Hall–Kier alpha value is -3.33. The summed E-state index contributed by atoms with van der Waals surface area (Å²) >= 11 is 5.84. The fraction of sp³-hybridized carbons (Fsp3) is 0.176. The molecule has 1 amide bonds. The van der Waals surface area contributed by atoms with Gasteiger partial charge in [0.2, 0.25) is 6.79 Å². The van der Waals surface area contributed by atoms with Crippen LogP contribution in [0.1, 0.15) is 17.3 Å². The van der Waals surface area contributed by atoms with Crippen LogP contribution in [0.25, 0.3) is 0 Å². The maximum absolute atomic E-state index is 12.4. The summed E-state index contributed by atoms with van der Waals surface area (Å²) in [7, 11) is 0. The number of carbonyl (C=O) groups is 2. The molecule has 10 heteroatoms. The SMILES string of the molecule is CC(OC(=O)c1cc2c(cc1[N+](=O)[O-])OCO2)C(=O)Nc1cccc(Cl)c1. The van der Waals surface area contributed by atoms with Crippen LogP contribution in [0, 0.1) is 10.1 Å². The van der Waals surface area contributed by atoms with E-state index in [0.29, 0.717) is 10.7 Å². The molecule has 140 valence electrons. The topological polar surface area (TPSA) is 117 Å². The molecule has 0 saturated heterocycles. The van der Waals surface area contributed by atoms with E-state index in [2.05, 4.69) is 5.32 Å². The average Bonchev–Trinajstić information content (AvgIpc) is 3.07. The van der Waals surface area contributed by atoms with Crippen LogP contribution in [0.4, 0.5) is 11.4 Å². The predicted octanol–water partition coefficient (Wildman–Crippen LogP) is 3.16. The number of anilines is 1. The highest BCUT2D eigenvalue weighted by Crippen LogP contribution is 2.38. The molecule has 1 aliphatic heterocycles. The Kier molecular flexibility index (Phi) is 5.13. The van der Waals surface area contributed by atoms with E-state index in [1.807, 2.05) is 0 Å². The molecule has 1 N–H and O–H groups in total. The normalized spacial score (nSPS) is 13.0. The second-order valence-corrected chi connectivity index (χ2v) is 5.96. The molecule has 1 heterocycles. The van der Waals surface area contributed by atoms with E-state index in [4.69, 9.17) is 25.8 Å². The van der Waals surface area contributed by atoms with Crippen molar-refractivity contribution in [2.45, 2.75) is 13.0 Å². The fourth-order valence-electron chi connectivity index (χ4n) is 2.33. The smallest absolute Gasteiger partial charge is 0.346 e. The highest BCUT2D eigenvalue weighted by molar-refractivity contribution is 6.30. The molecule has 1 unspecified atom stereocenters. The summed E-state index contributed by atoms with van der Waals surface area (Å²) in [5, 5.41) is 14.2. The minimum Gasteiger partial charge on any atom is -0.454 e. The monoisotopic (exact) mass is 392 g/mol. The zero-order valence-corrected chi connectivity index (χ0v) is 14.7. The molecule has 1 atom stereocenters. The van der Waals surface area contributed by atoms with Gasteiger partial charge in [-0.1, -0.05) is 17.7 Å². The van der Waals surface area contributed by atoms with Gasteiger partial charge in [0.15, 0.2) is 17.6 Å². The summed E-state index contributed by atoms with van der Waals surface area (Å²) in [6.07, 6.45) is -1.21. The van der Waals surface area contributed by atoms with Crippen LogP contribution in [0.2, 0.25) is 5.02 Å². The van der Waals surface area contributed by atoms with Crippen LogP contribution in [0.15, 0.2) is 36.4 Å². The summed E-state index contributed by atoms with van der Waals surface area (Å²) < 4.78 is 15.3. The van der Waals surface area contributed by atoms with Gasteiger partial charge >= 0.3 is 5.97 Å². The second kappa shape index (κ2) is 7.50. The molecule has 0 aromatic heterocycles. The van der Waals surface area contributed by atoms with Gasteiger partial charge in [0.05, 0.1) is 11.0 Å². The number of ether oxygens (including phenoxy) is 3. The second-order valence-electron chi connectivity index (χ2n) is 5.53. The van der Waals surface area contributed by atoms with Gasteiger partial charge in [0, 0.05) is 16.8 Å². The van der Waals surface area contributed by atoms with E-state index in [1.165, 1.54) is 13.0 Å². The Morgan fingerprint density at radius 2 is 1.96 bits per heavy atom. The number of hydrogen-bond donors (Lipinski definition) is 1. The van der Waals surface area contributed by atoms with Crippen LogP contribution >= 0.6 is 11.6 Å². The van der Waals surface area contributed by atoms with Gasteiger partial charge in [-0.2, -0.15) is 0 Å². The van der Waals surface area contributed by atoms with Gasteiger partial charge in [0.1, 0.15) is 5.56 Å². The number of amides is 1. The Morgan fingerprint density at radius 1 is 1.26 bits per heavy atom. The summed E-state index contributed by atoms with van der Waals surface area (Å²) in [6, 6.07) is 8.65. The Bertz CT molecular complexity index is 931. The lowest BCUT2D eigenvalue weighted by Crippen LogP contribution is -2.30. The number of hydrogen-bond acceptors (Lipinski definition) is 7. The molecule has 0 spiro atoms. The van der Waals surface area contributed by atoms with Gasteiger partial charge in [0.25, 0.3) is 11.6 Å². The number of rotatable bonds is 5. The van der Waals surface area contributed by atoms with Crippen LogP contribution in [0.3, 0.4) is 0 Å². The number of nitrogens with zero attached hydrogens (tertiary/aromatic N) is 1. The highest BCUT2D eigenvalue weighted by atomic mass is 35.5. The minimum atomic E-state index is -1.21. The largest absolute Gasteiger partial charge is 0.454 e. The lowest BCUT2D eigenvalue weighted by atomic mass is 10.1. The van der Waals surface area contributed by atoms with E-state index in [9.17, 15) is 19.7 Å². The number of fused-ring (bicyclic) bond motifs is 1. The molecular formula is C17H13ClN2O7. The first kappa shape index (κ1) is 18.5. The molecule has 0 radical (unpaired) electrons. The van der Waals surface area contributed by atoms with Crippen molar-refractivity contribution in [1.29, 1.82) is 0 Å². The Labute approximate surface area is 157 Å². The van der Waals surface area contributed by atoms with Crippen molar-refractivity contribution >= 4 is 34.9 Å². The molecule has 3 rings (SSSR count). The van der Waals surface area contributed by atoms with E-state index in [-0.39, 0.29) is 23.9 Å². The molecule has 9 nitrogen and oxygen atoms in total.